The van der Waals surface area contributed by atoms with E-state index < -0.39 is 24.5 Å². The lowest BCUT2D eigenvalue weighted by atomic mass is 10.1. The average Bonchev–Trinajstić information content (AvgIpc) is 3.03. The molecule has 1 saturated heterocycles. The first-order valence-corrected chi connectivity index (χ1v) is 7.20. The van der Waals surface area contributed by atoms with Gasteiger partial charge in [-0.05, 0) is 6.26 Å². The molecule has 3 rings (SSSR count). The molecule has 0 saturated carbocycles. The number of fused-ring (bicyclic) bond motifs is 1. The van der Waals surface area contributed by atoms with E-state index in [1.54, 1.807) is 0 Å². The van der Waals surface area contributed by atoms with E-state index in [9.17, 15) is 15.3 Å². The highest BCUT2D eigenvalue weighted by molar-refractivity contribution is 7.98. The number of aromatic nitrogens is 4. The van der Waals surface area contributed by atoms with Gasteiger partial charge in [0.05, 0.1) is 19.5 Å². The molecule has 3 N–H and O–H groups in total. The zero-order valence-corrected chi connectivity index (χ0v) is 11.5. The molecule has 0 radical (unpaired) electrons. The van der Waals surface area contributed by atoms with Gasteiger partial charge in [-0.3, -0.25) is 4.57 Å². The minimum Gasteiger partial charge on any atom is -0.391 e. The van der Waals surface area contributed by atoms with Gasteiger partial charge >= 0.3 is 0 Å². The Morgan fingerprint density at radius 3 is 2.85 bits per heavy atom. The number of ether oxygens (including phenoxy) is 1. The molecule has 2 aromatic heterocycles. The second kappa shape index (κ2) is 4.93. The van der Waals surface area contributed by atoms with Crippen molar-refractivity contribution in [1.29, 1.82) is 0 Å². The van der Waals surface area contributed by atoms with Gasteiger partial charge in [0.25, 0.3) is 0 Å². The number of hydrogen-bond donors (Lipinski definition) is 3. The topological polar surface area (TPSA) is 114 Å². The fourth-order valence-electron chi connectivity index (χ4n) is 2.37. The summed E-state index contributed by atoms with van der Waals surface area (Å²) in [7, 11) is 0. The van der Waals surface area contributed by atoms with Crippen LogP contribution in [0.1, 0.15) is 0 Å². The summed E-state index contributed by atoms with van der Waals surface area (Å²) in [5, 5.41) is 30.2. The Kier molecular flexibility index (Phi) is 3.38. The van der Waals surface area contributed by atoms with E-state index in [2.05, 4.69) is 15.0 Å². The van der Waals surface area contributed by atoms with Crippen molar-refractivity contribution in [2.24, 2.45) is 0 Å². The number of imidazole rings is 1. The van der Waals surface area contributed by atoms with Crippen LogP contribution < -0.4 is 0 Å². The van der Waals surface area contributed by atoms with Gasteiger partial charge in [-0.25, -0.2) is 15.0 Å². The van der Waals surface area contributed by atoms with E-state index in [4.69, 9.17) is 4.74 Å². The molecule has 20 heavy (non-hydrogen) atoms. The van der Waals surface area contributed by atoms with Crippen LogP contribution in [0.15, 0.2) is 17.7 Å². The Labute approximate surface area is 118 Å². The molecule has 0 aromatic carbocycles. The Hall–Kier alpha value is -1.26. The Morgan fingerprint density at radius 1 is 1.45 bits per heavy atom. The van der Waals surface area contributed by atoms with E-state index in [1.807, 2.05) is 6.26 Å². The first-order chi connectivity index (χ1) is 9.64. The summed E-state index contributed by atoms with van der Waals surface area (Å²) in [5.74, 6) is 0. The van der Waals surface area contributed by atoms with Crippen molar-refractivity contribution in [3.63, 3.8) is 0 Å². The highest BCUT2D eigenvalue weighted by Crippen LogP contribution is 2.34. The molecule has 1 fully saturated rings. The maximum absolute atomic E-state index is 10.1. The summed E-state index contributed by atoms with van der Waals surface area (Å²) >= 11 is 1.42. The van der Waals surface area contributed by atoms with E-state index in [0.29, 0.717) is 16.2 Å². The Morgan fingerprint density at radius 2 is 2.25 bits per heavy atom. The van der Waals surface area contributed by atoms with Gasteiger partial charge in [0, 0.05) is 0 Å². The molecule has 1 aliphatic heterocycles. The normalized spacial score (nSPS) is 30.2. The first kappa shape index (κ1) is 13.7. The molecule has 0 spiro atoms. The predicted molar refractivity (Wildman–Crippen MR) is 70.1 cm³/mol. The fraction of sp³-hybridized carbons (Fsp3) is 0.545. The van der Waals surface area contributed by atoms with Gasteiger partial charge < -0.3 is 20.1 Å². The van der Waals surface area contributed by atoms with Crippen LogP contribution in [0.5, 0.6) is 0 Å². The average molecular weight is 298 g/mol. The van der Waals surface area contributed by atoms with Crippen LogP contribution in [-0.4, -0.2) is 66.5 Å². The molecule has 8 nitrogen and oxygen atoms in total. The zero-order valence-electron chi connectivity index (χ0n) is 10.7. The van der Waals surface area contributed by atoms with E-state index >= 15 is 0 Å². The monoisotopic (exact) mass is 298 g/mol. The Balaban J connectivity index is 2.19. The number of rotatable bonds is 3. The highest BCUT2D eigenvalue weighted by Gasteiger charge is 2.51. The van der Waals surface area contributed by atoms with Crippen molar-refractivity contribution in [3.8, 4) is 0 Å². The van der Waals surface area contributed by atoms with Crippen molar-refractivity contribution in [1.82, 2.24) is 19.5 Å². The molecular formula is C11H14N4O4S. The van der Waals surface area contributed by atoms with Gasteiger partial charge in [0.2, 0.25) is 0 Å². The van der Waals surface area contributed by atoms with Gasteiger partial charge in [0.15, 0.2) is 11.4 Å². The van der Waals surface area contributed by atoms with Crippen LogP contribution in [0.2, 0.25) is 0 Å². The fourth-order valence-corrected chi connectivity index (χ4v) is 2.86. The number of nitrogens with zero attached hydrogens (tertiary/aromatic N) is 4. The lowest BCUT2D eigenvalue weighted by molar-refractivity contribution is -0.149. The molecule has 0 unspecified atom stereocenters. The van der Waals surface area contributed by atoms with Crippen molar-refractivity contribution >= 4 is 22.9 Å². The standard InChI is InChI=1S/C11H14N4O4S/c1-20-10-7-9(12-4-13-10)15(5-14-7)11(3-16)8(18)6(17)2-19-11/h4-6,8,16-18H,2-3H2,1H3/t6-,8-,11-/m0/s1. The van der Waals surface area contributed by atoms with Crippen LogP contribution in [-0.2, 0) is 10.5 Å². The molecule has 108 valence electrons. The van der Waals surface area contributed by atoms with Gasteiger partial charge in [0.1, 0.15) is 29.1 Å². The van der Waals surface area contributed by atoms with Crippen molar-refractivity contribution in [2.75, 3.05) is 19.5 Å². The maximum Gasteiger partial charge on any atom is 0.199 e. The number of hydrogen-bond acceptors (Lipinski definition) is 8. The zero-order chi connectivity index (χ0) is 14.3. The second-order valence-electron chi connectivity index (χ2n) is 4.50. The third-order valence-electron chi connectivity index (χ3n) is 3.46. The molecule has 3 heterocycles. The third-order valence-corrected chi connectivity index (χ3v) is 4.14. The van der Waals surface area contributed by atoms with Crippen molar-refractivity contribution in [3.05, 3.63) is 12.7 Å². The third kappa shape index (κ3) is 1.75. The Bertz CT molecular complexity index is 636. The molecule has 1 aliphatic rings. The summed E-state index contributed by atoms with van der Waals surface area (Å²) < 4.78 is 6.90. The number of aliphatic hydroxyl groups excluding tert-OH is 3. The van der Waals surface area contributed by atoms with Gasteiger partial charge in [-0.1, -0.05) is 0 Å². The summed E-state index contributed by atoms with van der Waals surface area (Å²) in [6.07, 6.45) is 2.35. The van der Waals surface area contributed by atoms with Crippen LogP contribution in [0.4, 0.5) is 0 Å². The van der Waals surface area contributed by atoms with E-state index in [-0.39, 0.29) is 6.61 Å². The van der Waals surface area contributed by atoms with Crippen molar-refractivity contribution in [2.45, 2.75) is 23.0 Å². The second-order valence-corrected chi connectivity index (χ2v) is 5.29. The van der Waals surface area contributed by atoms with E-state index in [0.717, 1.165) is 0 Å². The smallest absolute Gasteiger partial charge is 0.199 e. The quantitative estimate of drug-likeness (QED) is 0.486. The number of aliphatic hydroxyl groups is 3. The lowest BCUT2D eigenvalue weighted by Crippen LogP contribution is -2.48. The molecular weight excluding hydrogens is 284 g/mol. The van der Waals surface area contributed by atoms with Crippen LogP contribution in [0.25, 0.3) is 11.2 Å². The highest BCUT2D eigenvalue weighted by atomic mass is 32.2. The predicted octanol–water partition coefficient (Wildman–Crippen LogP) is -1.05. The van der Waals surface area contributed by atoms with Gasteiger partial charge in [-0.15, -0.1) is 11.8 Å². The molecule has 0 amide bonds. The van der Waals surface area contributed by atoms with E-state index in [1.165, 1.54) is 29.0 Å². The minimum atomic E-state index is -1.47. The minimum absolute atomic E-state index is 0.0676. The molecule has 0 aliphatic carbocycles. The summed E-state index contributed by atoms with van der Waals surface area (Å²) in [5.41, 5.74) is -0.477. The molecule has 3 atom stereocenters. The molecule has 9 heteroatoms. The summed E-state index contributed by atoms with van der Waals surface area (Å²) in [4.78, 5) is 12.5. The molecule has 2 aromatic rings. The number of thioether (sulfide) groups is 1. The molecule has 0 bridgehead atoms. The lowest BCUT2D eigenvalue weighted by Gasteiger charge is -2.31. The first-order valence-electron chi connectivity index (χ1n) is 5.97. The summed E-state index contributed by atoms with van der Waals surface area (Å²) in [6.45, 7) is -0.572. The van der Waals surface area contributed by atoms with Crippen LogP contribution in [0, 0.1) is 0 Å². The van der Waals surface area contributed by atoms with Crippen LogP contribution in [0.3, 0.4) is 0 Å². The van der Waals surface area contributed by atoms with Crippen molar-refractivity contribution < 1.29 is 20.1 Å². The maximum atomic E-state index is 10.1. The van der Waals surface area contributed by atoms with Crippen LogP contribution >= 0.6 is 11.8 Å². The SMILES string of the molecule is CSc1ncnc2c1ncn2[C@@]1(CO)OC[C@H](O)[C@@H]1O. The van der Waals surface area contributed by atoms with Gasteiger partial charge in [-0.2, -0.15) is 0 Å². The summed E-state index contributed by atoms with van der Waals surface area (Å²) in [6, 6.07) is 0. The largest absolute Gasteiger partial charge is 0.391 e.